The fourth-order valence-electron chi connectivity index (χ4n) is 6.34. The Labute approximate surface area is 271 Å². The van der Waals surface area contributed by atoms with E-state index >= 15 is 0 Å². The molecule has 47 heavy (non-hydrogen) atoms. The summed E-state index contributed by atoms with van der Waals surface area (Å²) in [5.74, 6) is 2.37. The number of fused-ring (bicyclic) bond motifs is 7. The Balaban J connectivity index is 1.19. The lowest BCUT2D eigenvalue weighted by Gasteiger charge is -2.09. The van der Waals surface area contributed by atoms with Gasteiger partial charge >= 0.3 is 0 Å². The molecule has 0 radical (unpaired) electrons. The van der Waals surface area contributed by atoms with Gasteiger partial charge in [0.25, 0.3) is 0 Å². The van der Waals surface area contributed by atoms with E-state index in [1.54, 1.807) is 11.3 Å². The fraction of sp³-hybridized carbons (Fsp3) is 0. The van der Waals surface area contributed by atoms with Crippen molar-refractivity contribution in [2.24, 2.45) is 0 Å². The summed E-state index contributed by atoms with van der Waals surface area (Å²) in [6.07, 6.45) is 0. The first-order valence-electron chi connectivity index (χ1n) is 15.3. The smallest absolute Gasteiger partial charge is 0.227 e. The zero-order valence-electron chi connectivity index (χ0n) is 24.7. The van der Waals surface area contributed by atoms with Gasteiger partial charge in [0.2, 0.25) is 5.89 Å². The summed E-state index contributed by atoms with van der Waals surface area (Å²) >= 11 is 1.78. The molecule has 4 aromatic heterocycles. The number of aromatic nitrogens is 4. The molecule has 0 aliphatic heterocycles. The minimum Gasteiger partial charge on any atom is -0.456 e. The van der Waals surface area contributed by atoms with Gasteiger partial charge in [0.05, 0.1) is 0 Å². The van der Waals surface area contributed by atoms with E-state index in [-0.39, 0.29) is 0 Å². The molecule has 0 saturated carbocycles. The van der Waals surface area contributed by atoms with Crippen LogP contribution in [0.25, 0.3) is 98.8 Å². The van der Waals surface area contributed by atoms with Crippen LogP contribution in [-0.4, -0.2) is 19.9 Å². The largest absolute Gasteiger partial charge is 0.456 e. The first kappa shape index (κ1) is 26.1. The highest BCUT2D eigenvalue weighted by atomic mass is 32.1. The summed E-state index contributed by atoms with van der Waals surface area (Å²) < 4.78 is 15.0. The van der Waals surface area contributed by atoms with Crippen molar-refractivity contribution in [3.63, 3.8) is 0 Å². The minimum atomic E-state index is 0.572. The second-order valence-corrected chi connectivity index (χ2v) is 12.5. The van der Waals surface area contributed by atoms with Crippen LogP contribution in [0.15, 0.2) is 142 Å². The van der Waals surface area contributed by atoms with Gasteiger partial charge in [0.1, 0.15) is 16.7 Å². The first-order chi connectivity index (χ1) is 23.2. The van der Waals surface area contributed by atoms with Crippen molar-refractivity contribution < 1.29 is 8.83 Å². The van der Waals surface area contributed by atoms with E-state index in [1.807, 2.05) is 91.0 Å². The van der Waals surface area contributed by atoms with Gasteiger partial charge in [0.15, 0.2) is 23.1 Å². The van der Waals surface area contributed by atoms with Crippen molar-refractivity contribution in [3.8, 4) is 45.6 Å². The maximum atomic E-state index is 6.39. The van der Waals surface area contributed by atoms with Gasteiger partial charge < -0.3 is 8.83 Å². The molecule has 0 unspecified atom stereocenters. The molecular weight excluding hydrogens is 601 g/mol. The Morgan fingerprint density at radius 1 is 0.426 bits per heavy atom. The molecule has 0 N–H and O–H groups in total. The molecule has 0 saturated heterocycles. The lowest BCUT2D eigenvalue weighted by molar-refractivity contribution is 0.617. The number of nitrogens with zero attached hydrogens (tertiary/aromatic N) is 4. The predicted octanol–water partition coefficient (Wildman–Crippen LogP) is 10.9. The van der Waals surface area contributed by atoms with Gasteiger partial charge in [-0.25, -0.2) is 19.9 Å². The van der Waals surface area contributed by atoms with Crippen LogP contribution < -0.4 is 0 Å². The Morgan fingerprint density at radius 3 is 2.00 bits per heavy atom. The van der Waals surface area contributed by atoms with Crippen molar-refractivity contribution in [1.82, 2.24) is 19.9 Å². The average molecular weight is 623 g/mol. The zero-order valence-corrected chi connectivity index (χ0v) is 25.5. The van der Waals surface area contributed by atoms with Gasteiger partial charge in [-0.3, -0.25) is 0 Å². The molecule has 10 aromatic rings. The van der Waals surface area contributed by atoms with E-state index in [0.29, 0.717) is 34.5 Å². The molecular formula is C40H22N4O2S. The quantitative estimate of drug-likeness (QED) is 0.194. The monoisotopic (exact) mass is 622 g/mol. The molecule has 0 aliphatic carbocycles. The number of oxazole rings is 1. The Bertz CT molecular complexity index is 2800. The molecule has 7 heteroatoms. The van der Waals surface area contributed by atoms with E-state index in [2.05, 4.69) is 42.5 Å². The van der Waals surface area contributed by atoms with Gasteiger partial charge in [-0.05, 0) is 36.4 Å². The van der Waals surface area contributed by atoms with Crippen molar-refractivity contribution in [2.45, 2.75) is 0 Å². The zero-order chi connectivity index (χ0) is 30.9. The molecule has 6 aromatic carbocycles. The standard InChI is InChI=1S/C40H22N4O2S/c1-3-10-23(11-4-1)37-42-38(25-18-19-27-26-14-7-8-17-34(26)47-35(27)20-25)44-39(43-37)28-15-9-16-31-36(28)29-21-30-33(22-32(29)45-31)46-40(41-30)24-12-5-2-6-13-24/h1-22H. The van der Waals surface area contributed by atoms with Crippen molar-refractivity contribution >= 4 is 64.5 Å². The van der Waals surface area contributed by atoms with Crippen molar-refractivity contribution in [1.29, 1.82) is 0 Å². The number of hydrogen-bond acceptors (Lipinski definition) is 7. The van der Waals surface area contributed by atoms with Crippen LogP contribution in [0.1, 0.15) is 0 Å². The lowest BCUT2D eigenvalue weighted by atomic mass is 10.0. The molecule has 0 aliphatic rings. The number of rotatable bonds is 4. The lowest BCUT2D eigenvalue weighted by Crippen LogP contribution is -2.00. The summed E-state index contributed by atoms with van der Waals surface area (Å²) in [7, 11) is 0. The second kappa shape index (κ2) is 10.2. The van der Waals surface area contributed by atoms with E-state index < -0.39 is 0 Å². The number of hydrogen-bond donors (Lipinski definition) is 0. The molecule has 220 valence electrons. The van der Waals surface area contributed by atoms with Gasteiger partial charge in [-0.15, -0.1) is 11.3 Å². The third-order valence-corrected chi connectivity index (χ3v) is 9.70. The van der Waals surface area contributed by atoms with E-state index in [1.165, 1.54) is 20.2 Å². The van der Waals surface area contributed by atoms with Crippen LogP contribution in [0.4, 0.5) is 0 Å². The van der Waals surface area contributed by atoms with Crippen LogP contribution in [0.3, 0.4) is 0 Å². The summed E-state index contributed by atoms with van der Waals surface area (Å²) in [6, 6.07) is 44.9. The summed E-state index contributed by atoms with van der Waals surface area (Å²) in [5, 5.41) is 4.34. The minimum absolute atomic E-state index is 0.572. The van der Waals surface area contributed by atoms with Crippen LogP contribution in [-0.2, 0) is 0 Å². The van der Waals surface area contributed by atoms with Crippen LogP contribution in [0.2, 0.25) is 0 Å². The predicted molar refractivity (Wildman–Crippen MR) is 189 cm³/mol. The van der Waals surface area contributed by atoms with E-state index in [9.17, 15) is 0 Å². The third-order valence-electron chi connectivity index (χ3n) is 8.57. The topological polar surface area (TPSA) is 77.8 Å². The fourth-order valence-corrected chi connectivity index (χ4v) is 7.49. The van der Waals surface area contributed by atoms with E-state index in [0.717, 1.165) is 44.1 Å². The Morgan fingerprint density at radius 2 is 1.15 bits per heavy atom. The highest BCUT2D eigenvalue weighted by molar-refractivity contribution is 7.25. The van der Waals surface area contributed by atoms with Gasteiger partial charge in [-0.1, -0.05) is 91.0 Å². The maximum absolute atomic E-state index is 6.39. The number of benzene rings is 6. The number of thiophene rings is 1. The maximum Gasteiger partial charge on any atom is 0.227 e. The molecule has 0 spiro atoms. The average Bonchev–Trinajstić information content (AvgIpc) is 3.83. The molecule has 0 bridgehead atoms. The van der Waals surface area contributed by atoms with E-state index in [4.69, 9.17) is 28.8 Å². The van der Waals surface area contributed by atoms with Crippen LogP contribution in [0.5, 0.6) is 0 Å². The summed E-state index contributed by atoms with van der Waals surface area (Å²) in [6.45, 7) is 0. The van der Waals surface area contributed by atoms with Crippen LogP contribution in [0, 0.1) is 0 Å². The van der Waals surface area contributed by atoms with Crippen LogP contribution >= 0.6 is 11.3 Å². The molecule has 0 fully saturated rings. The normalized spacial score (nSPS) is 11.8. The van der Waals surface area contributed by atoms with Crippen molar-refractivity contribution in [3.05, 3.63) is 133 Å². The number of furan rings is 1. The molecule has 0 atom stereocenters. The molecule has 10 rings (SSSR count). The highest BCUT2D eigenvalue weighted by Crippen LogP contribution is 2.40. The van der Waals surface area contributed by atoms with Gasteiger partial charge in [-0.2, -0.15) is 0 Å². The second-order valence-electron chi connectivity index (χ2n) is 11.5. The van der Waals surface area contributed by atoms with Gasteiger partial charge in [0, 0.05) is 59.3 Å². The first-order valence-corrected chi connectivity index (χ1v) is 16.1. The molecule has 0 amide bonds. The SMILES string of the molecule is c1ccc(-c2nc(-c3ccc4c(c3)sc3ccccc34)nc(-c3cccc4oc5cc6oc(-c7ccccc7)nc6cc5c34)n2)cc1. The highest BCUT2D eigenvalue weighted by Gasteiger charge is 2.20. The van der Waals surface area contributed by atoms with Crippen molar-refractivity contribution in [2.75, 3.05) is 0 Å². The molecule has 6 nitrogen and oxygen atoms in total. The summed E-state index contributed by atoms with van der Waals surface area (Å²) in [5.41, 5.74) is 6.51. The Hall–Kier alpha value is -6.18. The molecule has 4 heterocycles. The third kappa shape index (κ3) is 4.25. The summed E-state index contributed by atoms with van der Waals surface area (Å²) in [4.78, 5) is 20.0. The Kier molecular flexibility index (Phi) is 5.64.